The molecule has 0 saturated carbocycles. The number of ether oxygens (including phenoxy) is 1. The Morgan fingerprint density at radius 2 is 1.90 bits per heavy atom. The molecule has 4 nitrogen and oxygen atoms in total. The zero-order valence-electron chi connectivity index (χ0n) is 17.0. The third-order valence-electron chi connectivity index (χ3n) is 5.64. The molecular formula is C23H28ClFN2O2. The zero-order chi connectivity index (χ0) is 20.8. The number of benzene rings is 2. The van der Waals surface area contributed by atoms with Gasteiger partial charge in [-0.2, -0.15) is 0 Å². The lowest BCUT2D eigenvalue weighted by molar-refractivity contribution is -0.131. The largest absolute Gasteiger partial charge is 0.497 e. The van der Waals surface area contributed by atoms with Crippen molar-refractivity contribution in [2.45, 2.75) is 32.2 Å². The normalized spacial score (nSPS) is 16.3. The molecule has 6 heteroatoms. The van der Waals surface area contributed by atoms with Gasteiger partial charge in [0.2, 0.25) is 5.91 Å². The number of rotatable bonds is 6. The lowest BCUT2D eigenvalue weighted by Crippen LogP contribution is -2.36. The van der Waals surface area contributed by atoms with Crippen molar-refractivity contribution in [3.8, 4) is 5.75 Å². The first-order chi connectivity index (χ1) is 14.0. The Hall–Kier alpha value is -2.11. The number of halogens is 2. The van der Waals surface area contributed by atoms with E-state index in [1.54, 1.807) is 19.2 Å². The molecule has 0 radical (unpaired) electrons. The smallest absolute Gasteiger partial charge is 0.222 e. The molecule has 0 spiro atoms. The van der Waals surface area contributed by atoms with E-state index in [1.807, 2.05) is 29.2 Å². The van der Waals surface area contributed by atoms with Crippen molar-refractivity contribution in [3.05, 3.63) is 64.4 Å². The van der Waals surface area contributed by atoms with Crippen LogP contribution in [0.2, 0.25) is 5.02 Å². The lowest BCUT2D eigenvalue weighted by atomic mass is 10.1. The summed E-state index contributed by atoms with van der Waals surface area (Å²) in [6.07, 6.45) is 2.16. The van der Waals surface area contributed by atoms with Crippen LogP contribution in [-0.2, 0) is 11.2 Å². The molecule has 1 unspecified atom stereocenters. The second kappa shape index (κ2) is 10.1. The van der Waals surface area contributed by atoms with Gasteiger partial charge < -0.3 is 9.64 Å². The first-order valence-corrected chi connectivity index (χ1v) is 10.5. The van der Waals surface area contributed by atoms with E-state index in [0.717, 1.165) is 49.4 Å². The topological polar surface area (TPSA) is 32.8 Å². The fraction of sp³-hybridized carbons (Fsp3) is 0.435. The van der Waals surface area contributed by atoms with Crippen molar-refractivity contribution >= 4 is 17.5 Å². The van der Waals surface area contributed by atoms with Crippen LogP contribution in [-0.4, -0.2) is 49.0 Å². The number of carbonyl (C=O) groups is 1. The van der Waals surface area contributed by atoms with Crippen LogP contribution in [0.5, 0.6) is 5.75 Å². The maximum atomic E-state index is 13.4. The molecule has 0 bridgehead atoms. The summed E-state index contributed by atoms with van der Waals surface area (Å²) in [5.41, 5.74) is 2.13. The van der Waals surface area contributed by atoms with Crippen LogP contribution in [0, 0.1) is 5.82 Å². The van der Waals surface area contributed by atoms with Gasteiger partial charge in [-0.15, -0.1) is 0 Å². The monoisotopic (exact) mass is 418 g/mol. The summed E-state index contributed by atoms with van der Waals surface area (Å²) < 4.78 is 18.6. The molecule has 1 atom stereocenters. The van der Waals surface area contributed by atoms with E-state index in [2.05, 4.69) is 11.8 Å². The van der Waals surface area contributed by atoms with Crippen molar-refractivity contribution < 1.29 is 13.9 Å². The molecule has 2 aromatic rings. The summed E-state index contributed by atoms with van der Waals surface area (Å²) in [5.74, 6) is 0.622. The number of methoxy groups -OCH3 is 1. The van der Waals surface area contributed by atoms with Gasteiger partial charge in [0.05, 0.1) is 12.1 Å². The van der Waals surface area contributed by atoms with Gasteiger partial charge in [0, 0.05) is 38.6 Å². The van der Waals surface area contributed by atoms with Crippen LogP contribution in [0.1, 0.15) is 36.9 Å². The van der Waals surface area contributed by atoms with Crippen LogP contribution in [0.15, 0.2) is 42.5 Å². The van der Waals surface area contributed by atoms with E-state index in [1.165, 1.54) is 6.07 Å². The van der Waals surface area contributed by atoms with E-state index in [0.29, 0.717) is 13.0 Å². The fourth-order valence-electron chi connectivity index (χ4n) is 3.76. The minimum Gasteiger partial charge on any atom is -0.497 e. The molecule has 3 rings (SSSR count). The van der Waals surface area contributed by atoms with Gasteiger partial charge in [-0.3, -0.25) is 9.69 Å². The number of carbonyl (C=O) groups excluding carboxylic acids is 1. The van der Waals surface area contributed by atoms with Gasteiger partial charge in [-0.1, -0.05) is 29.8 Å². The fourth-order valence-corrected chi connectivity index (χ4v) is 3.95. The van der Waals surface area contributed by atoms with Gasteiger partial charge in [0.1, 0.15) is 11.6 Å². The van der Waals surface area contributed by atoms with Crippen LogP contribution in [0.4, 0.5) is 4.39 Å². The van der Waals surface area contributed by atoms with Gasteiger partial charge in [0.25, 0.3) is 0 Å². The molecule has 2 aromatic carbocycles. The zero-order valence-corrected chi connectivity index (χ0v) is 17.8. The predicted octanol–water partition coefficient (Wildman–Crippen LogP) is 4.72. The van der Waals surface area contributed by atoms with E-state index >= 15 is 0 Å². The Balaban J connectivity index is 1.52. The number of aryl methyl sites for hydroxylation is 1. The molecule has 1 heterocycles. The third kappa shape index (κ3) is 5.71. The highest BCUT2D eigenvalue weighted by Gasteiger charge is 2.23. The van der Waals surface area contributed by atoms with Crippen molar-refractivity contribution in [1.29, 1.82) is 0 Å². The molecule has 1 aliphatic heterocycles. The highest BCUT2D eigenvalue weighted by atomic mass is 35.5. The summed E-state index contributed by atoms with van der Waals surface area (Å²) >= 11 is 5.94. The molecule has 0 aliphatic carbocycles. The molecule has 29 heavy (non-hydrogen) atoms. The number of hydrogen-bond donors (Lipinski definition) is 0. The summed E-state index contributed by atoms with van der Waals surface area (Å²) in [6.45, 7) is 5.28. The van der Waals surface area contributed by atoms with E-state index in [9.17, 15) is 9.18 Å². The molecule has 1 saturated heterocycles. The second-order valence-electron chi connectivity index (χ2n) is 7.47. The molecule has 1 fully saturated rings. The lowest BCUT2D eigenvalue weighted by Gasteiger charge is -2.28. The predicted molar refractivity (Wildman–Crippen MR) is 114 cm³/mol. The molecule has 0 aromatic heterocycles. The number of amides is 1. The van der Waals surface area contributed by atoms with Crippen molar-refractivity contribution in [1.82, 2.24) is 9.80 Å². The Bertz CT molecular complexity index is 828. The quantitative estimate of drug-likeness (QED) is 0.680. The first kappa shape index (κ1) is 21.6. The first-order valence-electron chi connectivity index (χ1n) is 10.1. The van der Waals surface area contributed by atoms with E-state index < -0.39 is 5.82 Å². The third-order valence-corrected chi connectivity index (χ3v) is 5.93. The SMILES string of the molecule is COc1ccc(CCC(=O)N2CCCN(C(C)c3ccc(F)c(Cl)c3)CC2)cc1. The Morgan fingerprint density at radius 3 is 2.59 bits per heavy atom. The summed E-state index contributed by atoms with van der Waals surface area (Å²) in [6, 6.07) is 12.9. The standard InChI is InChI=1S/C23H28ClFN2O2/c1-17(19-7-10-22(25)21(24)16-19)26-12-3-13-27(15-14-26)23(28)11-6-18-4-8-20(29-2)9-5-18/h4-5,7-10,16-17H,3,6,11-15H2,1-2H3. The maximum Gasteiger partial charge on any atom is 0.222 e. The summed E-state index contributed by atoms with van der Waals surface area (Å²) in [7, 11) is 1.65. The maximum absolute atomic E-state index is 13.4. The van der Waals surface area contributed by atoms with Gasteiger partial charge in [0.15, 0.2) is 0 Å². The number of hydrogen-bond acceptors (Lipinski definition) is 3. The van der Waals surface area contributed by atoms with Crippen LogP contribution >= 0.6 is 11.6 Å². The summed E-state index contributed by atoms with van der Waals surface area (Å²) in [5, 5.41) is 0.152. The average molecular weight is 419 g/mol. The minimum atomic E-state index is -0.396. The van der Waals surface area contributed by atoms with Crippen LogP contribution < -0.4 is 4.74 Å². The van der Waals surface area contributed by atoms with Gasteiger partial charge in [-0.25, -0.2) is 4.39 Å². The molecule has 1 aliphatic rings. The van der Waals surface area contributed by atoms with Crippen molar-refractivity contribution in [3.63, 3.8) is 0 Å². The van der Waals surface area contributed by atoms with Crippen molar-refractivity contribution in [2.75, 3.05) is 33.3 Å². The molecular weight excluding hydrogens is 391 g/mol. The number of nitrogens with zero attached hydrogens (tertiary/aromatic N) is 2. The molecule has 1 amide bonds. The van der Waals surface area contributed by atoms with Crippen LogP contribution in [0.3, 0.4) is 0 Å². The van der Waals surface area contributed by atoms with Crippen LogP contribution in [0.25, 0.3) is 0 Å². The van der Waals surface area contributed by atoms with Gasteiger partial charge >= 0.3 is 0 Å². The van der Waals surface area contributed by atoms with E-state index in [-0.39, 0.29) is 17.0 Å². The Kier molecular flexibility index (Phi) is 7.51. The van der Waals surface area contributed by atoms with E-state index in [4.69, 9.17) is 16.3 Å². The Labute approximate surface area is 177 Å². The van der Waals surface area contributed by atoms with Gasteiger partial charge in [-0.05, 0) is 55.2 Å². The van der Waals surface area contributed by atoms with Crippen molar-refractivity contribution in [2.24, 2.45) is 0 Å². The highest BCUT2D eigenvalue weighted by molar-refractivity contribution is 6.30. The Morgan fingerprint density at radius 1 is 1.14 bits per heavy atom. The molecule has 156 valence electrons. The second-order valence-corrected chi connectivity index (χ2v) is 7.88. The minimum absolute atomic E-state index is 0.127. The highest BCUT2D eigenvalue weighted by Crippen LogP contribution is 2.26. The summed E-state index contributed by atoms with van der Waals surface area (Å²) in [4.78, 5) is 17.0. The molecule has 0 N–H and O–H groups in total. The average Bonchev–Trinajstić information content (AvgIpc) is 3.00.